The molecule has 0 saturated carbocycles. The van der Waals surface area contributed by atoms with Gasteiger partial charge in [0.2, 0.25) is 21.8 Å². The zero-order valence-corrected chi connectivity index (χ0v) is 27.8. The van der Waals surface area contributed by atoms with Crippen molar-refractivity contribution in [3.05, 3.63) is 98.4 Å². The van der Waals surface area contributed by atoms with Gasteiger partial charge < -0.3 is 10.2 Å². The Balaban J connectivity index is 1.90. The van der Waals surface area contributed by atoms with Crippen molar-refractivity contribution >= 4 is 66.7 Å². The van der Waals surface area contributed by atoms with E-state index in [2.05, 4.69) is 21.2 Å². The number of rotatable bonds is 14. The smallest absolute Gasteiger partial charge is 0.243 e. The van der Waals surface area contributed by atoms with E-state index in [9.17, 15) is 18.0 Å². The van der Waals surface area contributed by atoms with E-state index in [0.717, 1.165) is 26.2 Å². The Bertz CT molecular complexity index is 1470. The van der Waals surface area contributed by atoms with Crippen LogP contribution in [-0.4, -0.2) is 50.5 Å². The van der Waals surface area contributed by atoms with Crippen LogP contribution in [0.3, 0.4) is 0 Å². The molecule has 3 aromatic carbocycles. The Morgan fingerprint density at radius 3 is 2.29 bits per heavy atom. The number of nitrogens with one attached hydrogen (secondary N) is 1. The molecule has 226 valence electrons. The largest absolute Gasteiger partial charge is 0.354 e. The molecule has 3 rings (SSSR count). The van der Waals surface area contributed by atoms with E-state index >= 15 is 0 Å². The summed E-state index contributed by atoms with van der Waals surface area (Å²) in [5.74, 6) is -0.263. The Morgan fingerprint density at radius 1 is 0.952 bits per heavy atom. The zero-order chi connectivity index (χ0) is 30.9. The lowest BCUT2D eigenvalue weighted by Gasteiger charge is -2.32. The van der Waals surface area contributed by atoms with Crippen molar-refractivity contribution in [3.8, 4) is 0 Å². The monoisotopic (exact) mass is 695 g/mol. The lowest BCUT2D eigenvalue weighted by atomic mass is 10.0. The summed E-state index contributed by atoms with van der Waals surface area (Å²) < 4.78 is 27.4. The van der Waals surface area contributed by atoms with Gasteiger partial charge >= 0.3 is 0 Å². The van der Waals surface area contributed by atoms with Gasteiger partial charge in [-0.3, -0.25) is 13.9 Å². The lowest BCUT2D eigenvalue weighted by Crippen LogP contribution is -2.51. The predicted octanol–water partition coefficient (Wildman–Crippen LogP) is 6.71. The minimum atomic E-state index is -3.72. The highest BCUT2D eigenvalue weighted by Crippen LogP contribution is 2.31. The molecule has 7 nitrogen and oxygen atoms in total. The van der Waals surface area contributed by atoms with Crippen molar-refractivity contribution in [1.29, 1.82) is 0 Å². The van der Waals surface area contributed by atoms with E-state index in [-0.39, 0.29) is 54.4 Å². The quantitative estimate of drug-likeness (QED) is 0.203. The molecule has 2 amide bonds. The zero-order valence-electron chi connectivity index (χ0n) is 23.9. The molecule has 1 atom stereocenters. The maximum Gasteiger partial charge on any atom is 0.243 e. The molecule has 42 heavy (non-hydrogen) atoms. The average molecular weight is 698 g/mol. The van der Waals surface area contributed by atoms with Crippen LogP contribution in [0.2, 0.25) is 10.0 Å². The number of anilines is 1. The third-order valence-electron chi connectivity index (χ3n) is 6.53. The topological polar surface area (TPSA) is 86.8 Å². The molecule has 0 spiro atoms. The van der Waals surface area contributed by atoms with Crippen LogP contribution in [0.15, 0.2) is 77.3 Å². The number of hydrogen-bond donors (Lipinski definition) is 1. The van der Waals surface area contributed by atoms with E-state index in [1.165, 1.54) is 12.1 Å². The first-order valence-corrected chi connectivity index (χ1v) is 17.0. The van der Waals surface area contributed by atoms with Crippen molar-refractivity contribution in [3.63, 3.8) is 0 Å². The molecule has 0 aliphatic carbocycles. The fourth-order valence-corrected chi connectivity index (χ4v) is 6.32. The molecule has 0 bridgehead atoms. The fraction of sp³-hybridized carbons (Fsp3) is 0.355. The second-order valence-corrected chi connectivity index (χ2v) is 14.2. The van der Waals surface area contributed by atoms with Crippen molar-refractivity contribution < 1.29 is 18.0 Å². The predicted molar refractivity (Wildman–Crippen MR) is 174 cm³/mol. The van der Waals surface area contributed by atoms with Crippen molar-refractivity contribution in [2.75, 3.05) is 23.7 Å². The maximum absolute atomic E-state index is 13.9. The SMILES string of the molecule is CC(C)CNC(=O)[C@@H](Cc1ccccc1)N(Cc1cccc(Br)c1)C(=O)CCCN(c1cc(Cl)ccc1Cl)S(C)(=O)=O. The van der Waals surface area contributed by atoms with Gasteiger partial charge in [0.1, 0.15) is 6.04 Å². The van der Waals surface area contributed by atoms with E-state index in [4.69, 9.17) is 23.2 Å². The van der Waals surface area contributed by atoms with Crippen molar-refractivity contribution in [1.82, 2.24) is 10.2 Å². The van der Waals surface area contributed by atoms with Gasteiger partial charge in [-0.2, -0.15) is 0 Å². The van der Waals surface area contributed by atoms with E-state index < -0.39 is 16.1 Å². The van der Waals surface area contributed by atoms with E-state index in [1.54, 1.807) is 11.0 Å². The number of carbonyl (C=O) groups excluding carboxylic acids is 2. The molecule has 0 aliphatic rings. The first-order chi connectivity index (χ1) is 19.8. The van der Waals surface area contributed by atoms with Gasteiger partial charge in [0.05, 0.1) is 17.0 Å². The summed E-state index contributed by atoms with van der Waals surface area (Å²) >= 11 is 15.9. The Kier molecular flexibility index (Phi) is 12.7. The fourth-order valence-electron chi connectivity index (χ4n) is 4.47. The van der Waals surface area contributed by atoms with Crippen LogP contribution >= 0.6 is 39.1 Å². The Morgan fingerprint density at radius 2 is 1.64 bits per heavy atom. The Hall–Kier alpha value is -2.59. The highest BCUT2D eigenvalue weighted by molar-refractivity contribution is 9.10. The van der Waals surface area contributed by atoms with Gasteiger partial charge in [-0.05, 0) is 53.8 Å². The van der Waals surface area contributed by atoms with Crippen LogP contribution in [0.1, 0.15) is 37.8 Å². The van der Waals surface area contributed by atoms with Gasteiger partial charge in [-0.1, -0.05) is 95.4 Å². The second-order valence-electron chi connectivity index (χ2n) is 10.5. The van der Waals surface area contributed by atoms with Gasteiger partial charge in [0.25, 0.3) is 0 Å². The van der Waals surface area contributed by atoms with E-state index in [0.29, 0.717) is 18.0 Å². The van der Waals surface area contributed by atoms with Crippen molar-refractivity contribution in [2.24, 2.45) is 5.92 Å². The lowest BCUT2D eigenvalue weighted by molar-refractivity contribution is -0.141. The number of halogens is 3. The molecule has 0 radical (unpaired) electrons. The number of benzene rings is 3. The molecule has 0 fully saturated rings. The second kappa shape index (κ2) is 15.8. The first kappa shape index (κ1) is 33.9. The van der Waals surface area contributed by atoms with Gasteiger partial charge in [-0.15, -0.1) is 0 Å². The minimum Gasteiger partial charge on any atom is -0.354 e. The van der Waals surface area contributed by atoms with Crippen LogP contribution in [0.5, 0.6) is 0 Å². The highest BCUT2D eigenvalue weighted by atomic mass is 79.9. The molecule has 1 N–H and O–H groups in total. The molecule has 11 heteroatoms. The molecular formula is C31H36BrCl2N3O4S. The van der Waals surface area contributed by atoms with Crippen LogP contribution in [0.4, 0.5) is 5.69 Å². The van der Waals surface area contributed by atoms with Crippen LogP contribution in [-0.2, 0) is 32.6 Å². The van der Waals surface area contributed by atoms with Gasteiger partial charge in [0, 0.05) is 42.0 Å². The Labute approximate surface area is 267 Å². The van der Waals surface area contributed by atoms with E-state index in [1.807, 2.05) is 68.4 Å². The maximum atomic E-state index is 13.9. The molecule has 0 unspecified atom stereocenters. The molecule has 0 aliphatic heterocycles. The minimum absolute atomic E-state index is 0.0122. The standard InChI is InChI=1S/C31H36BrCl2N3O4S/c1-22(2)20-35-31(39)29(18-23-9-5-4-6-10-23)36(21-24-11-7-12-25(32)17-24)30(38)13-8-16-37(42(3,40)41)28-19-26(33)14-15-27(28)34/h4-7,9-12,14-15,17,19,22,29H,8,13,16,18,20-21H2,1-3H3,(H,35,39)/t29-/m1/s1. The van der Waals surface area contributed by atoms with Crippen LogP contribution in [0.25, 0.3) is 0 Å². The van der Waals surface area contributed by atoms with Crippen LogP contribution in [0, 0.1) is 5.92 Å². The molecule has 0 heterocycles. The number of amides is 2. The van der Waals surface area contributed by atoms with Gasteiger partial charge in [-0.25, -0.2) is 8.42 Å². The third kappa shape index (κ3) is 10.3. The van der Waals surface area contributed by atoms with Crippen LogP contribution < -0.4 is 9.62 Å². The summed E-state index contributed by atoms with van der Waals surface area (Å²) in [7, 11) is -3.72. The average Bonchev–Trinajstić information content (AvgIpc) is 2.93. The summed E-state index contributed by atoms with van der Waals surface area (Å²) in [5, 5.41) is 3.58. The molecule has 0 aromatic heterocycles. The molecular weight excluding hydrogens is 661 g/mol. The van der Waals surface area contributed by atoms with Crippen molar-refractivity contribution in [2.45, 2.75) is 45.7 Å². The first-order valence-electron chi connectivity index (χ1n) is 13.6. The number of sulfonamides is 1. The molecule has 3 aromatic rings. The number of nitrogens with zero attached hydrogens (tertiary/aromatic N) is 2. The number of carbonyl (C=O) groups is 2. The molecule has 0 saturated heterocycles. The van der Waals surface area contributed by atoms with Gasteiger partial charge in [0.15, 0.2) is 0 Å². The normalized spacial score (nSPS) is 12.2. The highest BCUT2D eigenvalue weighted by Gasteiger charge is 2.31. The summed E-state index contributed by atoms with van der Waals surface area (Å²) in [6.07, 6.45) is 1.63. The summed E-state index contributed by atoms with van der Waals surface area (Å²) in [6.45, 7) is 4.72. The summed E-state index contributed by atoms with van der Waals surface area (Å²) in [4.78, 5) is 29.1. The summed E-state index contributed by atoms with van der Waals surface area (Å²) in [6, 6.07) is 21.0. The summed E-state index contributed by atoms with van der Waals surface area (Å²) in [5.41, 5.74) is 2.03. The number of hydrogen-bond acceptors (Lipinski definition) is 4. The third-order valence-corrected chi connectivity index (χ3v) is 8.75.